The second-order valence-corrected chi connectivity index (χ2v) is 5.37. The van der Waals surface area contributed by atoms with Gasteiger partial charge in [-0.15, -0.1) is 11.3 Å². The van der Waals surface area contributed by atoms with Gasteiger partial charge >= 0.3 is 0 Å². The van der Waals surface area contributed by atoms with E-state index in [0.717, 1.165) is 19.3 Å². The summed E-state index contributed by atoms with van der Waals surface area (Å²) in [6.45, 7) is 2.83. The maximum Gasteiger partial charge on any atom is 0.222 e. The van der Waals surface area contributed by atoms with Crippen LogP contribution in [0.1, 0.15) is 31.1 Å². The van der Waals surface area contributed by atoms with Crippen molar-refractivity contribution in [1.82, 2.24) is 4.90 Å². The smallest absolute Gasteiger partial charge is 0.222 e. The van der Waals surface area contributed by atoms with E-state index in [1.54, 1.807) is 16.2 Å². The van der Waals surface area contributed by atoms with Gasteiger partial charge in [0.15, 0.2) is 5.84 Å². The number of nitrogens with two attached hydrogens (primary N) is 1. The molecule has 1 heterocycles. The molecule has 0 saturated heterocycles. The highest BCUT2D eigenvalue weighted by atomic mass is 32.1. The van der Waals surface area contributed by atoms with E-state index >= 15 is 0 Å². The number of oxime groups is 1. The molecule has 0 spiro atoms. The molecule has 1 rings (SSSR count). The van der Waals surface area contributed by atoms with Gasteiger partial charge in [-0.2, -0.15) is 0 Å². The fraction of sp³-hybridized carbons (Fsp3) is 0.538. The maximum atomic E-state index is 12.1. The van der Waals surface area contributed by atoms with E-state index in [4.69, 9.17) is 10.9 Å². The molecule has 1 amide bonds. The lowest BCUT2D eigenvalue weighted by Gasteiger charge is -2.21. The molecule has 0 saturated carbocycles. The largest absolute Gasteiger partial charge is 0.409 e. The van der Waals surface area contributed by atoms with Crippen LogP contribution in [-0.4, -0.2) is 34.9 Å². The standard InChI is InChI=1S/C13H21N3O2S/c1-2-8-16(10-12(14)15-18)13(17)7-3-5-11-6-4-9-19-11/h4,6,9,18H,2-3,5,7-8,10H2,1H3,(H2,14,15). The van der Waals surface area contributed by atoms with Gasteiger partial charge in [-0.25, -0.2) is 0 Å². The topological polar surface area (TPSA) is 78.9 Å². The summed E-state index contributed by atoms with van der Waals surface area (Å²) in [6.07, 6.45) is 3.11. The normalized spacial score (nSPS) is 11.5. The Morgan fingerprint density at radius 1 is 1.58 bits per heavy atom. The quantitative estimate of drug-likeness (QED) is 0.332. The monoisotopic (exact) mass is 283 g/mol. The van der Waals surface area contributed by atoms with Crippen molar-refractivity contribution in [3.8, 4) is 0 Å². The summed E-state index contributed by atoms with van der Waals surface area (Å²) in [5.74, 6) is 0.130. The molecule has 6 heteroatoms. The van der Waals surface area contributed by atoms with E-state index in [9.17, 15) is 4.79 Å². The summed E-state index contributed by atoms with van der Waals surface area (Å²) in [7, 11) is 0. The number of nitrogens with zero attached hydrogens (tertiary/aromatic N) is 2. The van der Waals surface area contributed by atoms with Crippen LogP contribution >= 0.6 is 11.3 Å². The van der Waals surface area contributed by atoms with E-state index in [1.807, 2.05) is 18.4 Å². The number of hydrogen-bond acceptors (Lipinski definition) is 4. The minimum Gasteiger partial charge on any atom is -0.409 e. The van der Waals surface area contributed by atoms with Crippen LogP contribution in [0.5, 0.6) is 0 Å². The van der Waals surface area contributed by atoms with Gasteiger partial charge < -0.3 is 15.8 Å². The van der Waals surface area contributed by atoms with Crippen LogP contribution in [0, 0.1) is 0 Å². The average Bonchev–Trinajstić information content (AvgIpc) is 2.91. The third-order valence-electron chi connectivity index (χ3n) is 2.72. The second-order valence-electron chi connectivity index (χ2n) is 4.34. The predicted octanol–water partition coefficient (Wildman–Crippen LogP) is 2.06. The Morgan fingerprint density at radius 2 is 2.37 bits per heavy atom. The molecule has 0 aliphatic carbocycles. The molecule has 0 aliphatic rings. The summed E-state index contributed by atoms with van der Waals surface area (Å²) in [5, 5.41) is 13.5. The fourth-order valence-electron chi connectivity index (χ4n) is 1.82. The molecule has 1 aromatic rings. The van der Waals surface area contributed by atoms with Crippen molar-refractivity contribution in [3.63, 3.8) is 0 Å². The van der Waals surface area contributed by atoms with Crippen molar-refractivity contribution in [2.24, 2.45) is 10.9 Å². The van der Waals surface area contributed by atoms with Crippen molar-refractivity contribution in [2.75, 3.05) is 13.1 Å². The first kappa shape index (κ1) is 15.5. The minimum absolute atomic E-state index is 0.0602. The lowest BCUT2D eigenvalue weighted by atomic mass is 10.2. The van der Waals surface area contributed by atoms with Crippen LogP contribution in [0.4, 0.5) is 0 Å². The van der Waals surface area contributed by atoms with E-state index in [1.165, 1.54) is 4.88 Å². The summed E-state index contributed by atoms with van der Waals surface area (Å²) in [5.41, 5.74) is 5.46. The summed E-state index contributed by atoms with van der Waals surface area (Å²) >= 11 is 1.71. The summed E-state index contributed by atoms with van der Waals surface area (Å²) in [4.78, 5) is 15.0. The van der Waals surface area contributed by atoms with Gasteiger partial charge in [0.2, 0.25) is 5.91 Å². The Morgan fingerprint density at radius 3 is 2.95 bits per heavy atom. The van der Waals surface area contributed by atoms with Gasteiger partial charge in [-0.05, 0) is 30.7 Å². The molecule has 3 N–H and O–H groups in total. The molecule has 0 aromatic carbocycles. The van der Waals surface area contributed by atoms with Crippen molar-refractivity contribution in [1.29, 1.82) is 0 Å². The van der Waals surface area contributed by atoms with E-state index in [0.29, 0.717) is 13.0 Å². The Kier molecular flexibility index (Phi) is 6.95. The maximum absolute atomic E-state index is 12.1. The molecular formula is C13H21N3O2S. The lowest BCUT2D eigenvalue weighted by Crippen LogP contribution is -2.39. The fourth-order valence-corrected chi connectivity index (χ4v) is 2.57. The second kappa shape index (κ2) is 8.53. The molecule has 0 fully saturated rings. The third kappa shape index (κ3) is 5.74. The van der Waals surface area contributed by atoms with E-state index in [-0.39, 0.29) is 18.3 Å². The van der Waals surface area contributed by atoms with Gasteiger partial charge in [0.25, 0.3) is 0 Å². The zero-order chi connectivity index (χ0) is 14.1. The first-order chi connectivity index (χ1) is 9.17. The number of rotatable bonds is 8. The predicted molar refractivity (Wildman–Crippen MR) is 77.5 cm³/mol. The SMILES string of the molecule is CCCN(CC(N)=NO)C(=O)CCCc1cccs1. The summed E-state index contributed by atoms with van der Waals surface area (Å²) < 4.78 is 0. The summed E-state index contributed by atoms with van der Waals surface area (Å²) in [6, 6.07) is 4.10. The van der Waals surface area contributed by atoms with Gasteiger partial charge in [0.1, 0.15) is 0 Å². The number of thiophene rings is 1. The van der Waals surface area contributed by atoms with Gasteiger partial charge in [0, 0.05) is 17.8 Å². The molecule has 106 valence electrons. The Bertz CT molecular complexity index is 404. The zero-order valence-corrected chi connectivity index (χ0v) is 12.0. The van der Waals surface area contributed by atoms with Crippen molar-refractivity contribution in [2.45, 2.75) is 32.6 Å². The average molecular weight is 283 g/mol. The van der Waals surface area contributed by atoms with Crippen LogP contribution in [-0.2, 0) is 11.2 Å². The van der Waals surface area contributed by atoms with E-state index in [2.05, 4.69) is 11.2 Å². The highest BCUT2D eigenvalue weighted by Gasteiger charge is 2.13. The first-order valence-corrected chi connectivity index (χ1v) is 7.32. The van der Waals surface area contributed by atoms with Crippen molar-refractivity contribution in [3.05, 3.63) is 22.4 Å². The molecule has 0 atom stereocenters. The van der Waals surface area contributed by atoms with Crippen molar-refractivity contribution < 1.29 is 10.0 Å². The molecule has 5 nitrogen and oxygen atoms in total. The van der Waals surface area contributed by atoms with Crippen LogP contribution in [0.2, 0.25) is 0 Å². The Hall–Kier alpha value is -1.56. The van der Waals surface area contributed by atoms with Gasteiger partial charge in [-0.1, -0.05) is 18.1 Å². The number of aryl methyl sites for hydroxylation is 1. The number of amides is 1. The molecule has 0 aliphatic heterocycles. The third-order valence-corrected chi connectivity index (χ3v) is 3.66. The number of hydrogen-bond donors (Lipinski definition) is 2. The number of carbonyl (C=O) groups excluding carboxylic acids is 1. The van der Waals surface area contributed by atoms with Crippen LogP contribution in [0.3, 0.4) is 0 Å². The van der Waals surface area contributed by atoms with Gasteiger partial charge in [0.05, 0.1) is 6.54 Å². The molecule has 19 heavy (non-hydrogen) atoms. The van der Waals surface area contributed by atoms with Crippen LogP contribution in [0.25, 0.3) is 0 Å². The molecular weight excluding hydrogens is 262 g/mol. The molecule has 0 radical (unpaired) electrons. The minimum atomic E-state index is 0.0602. The zero-order valence-electron chi connectivity index (χ0n) is 11.2. The Balaban J connectivity index is 2.38. The van der Waals surface area contributed by atoms with Gasteiger partial charge in [-0.3, -0.25) is 4.79 Å². The van der Waals surface area contributed by atoms with Crippen molar-refractivity contribution >= 4 is 23.1 Å². The molecule has 0 unspecified atom stereocenters. The van der Waals surface area contributed by atoms with Crippen LogP contribution in [0.15, 0.2) is 22.7 Å². The molecule has 0 bridgehead atoms. The van der Waals surface area contributed by atoms with Crippen LogP contribution < -0.4 is 5.73 Å². The number of amidine groups is 1. The highest BCUT2D eigenvalue weighted by Crippen LogP contribution is 2.12. The highest BCUT2D eigenvalue weighted by molar-refractivity contribution is 7.09. The Labute approximate surface area is 117 Å². The lowest BCUT2D eigenvalue weighted by molar-refractivity contribution is -0.130. The van der Waals surface area contributed by atoms with E-state index < -0.39 is 0 Å². The first-order valence-electron chi connectivity index (χ1n) is 6.44. The number of carbonyl (C=O) groups is 1. The molecule has 1 aromatic heterocycles.